The molecule has 2 atom stereocenters. The van der Waals surface area contributed by atoms with Crippen LogP contribution in [0.25, 0.3) is 5.69 Å². The van der Waals surface area contributed by atoms with Crippen LogP contribution in [-0.4, -0.2) is 131 Å². The Bertz CT molecular complexity index is 1670. The van der Waals surface area contributed by atoms with Gasteiger partial charge in [-0.05, 0) is 76.3 Å². The quantitative estimate of drug-likeness (QED) is 0.256. The number of esters is 1. The predicted octanol–water partition coefficient (Wildman–Crippen LogP) is 2.82. The summed E-state index contributed by atoms with van der Waals surface area (Å²) in [6.07, 6.45) is 8.01. The average molecular weight is 764 g/mol. The van der Waals surface area contributed by atoms with Crippen LogP contribution in [0.15, 0.2) is 36.4 Å². The number of amides is 5. The Kier molecular flexibility index (Phi) is 13.6. The van der Waals surface area contributed by atoms with Gasteiger partial charge in [0.25, 0.3) is 11.8 Å². The maximum atomic E-state index is 13.9. The lowest BCUT2D eigenvalue weighted by Gasteiger charge is -2.35. The number of para-hydroxylation sites is 1. The maximum Gasteiger partial charge on any atom is 0.409 e. The highest BCUT2D eigenvalue weighted by Crippen LogP contribution is 2.26. The van der Waals surface area contributed by atoms with E-state index in [1.54, 1.807) is 41.0 Å². The van der Waals surface area contributed by atoms with Gasteiger partial charge in [-0.1, -0.05) is 31.0 Å². The molecule has 2 aliphatic carbocycles. The van der Waals surface area contributed by atoms with Crippen molar-refractivity contribution in [3.63, 3.8) is 0 Å². The van der Waals surface area contributed by atoms with E-state index in [2.05, 4.69) is 15.7 Å². The molecule has 2 saturated carbocycles. The van der Waals surface area contributed by atoms with Gasteiger partial charge in [0.05, 0.1) is 18.9 Å². The fourth-order valence-corrected chi connectivity index (χ4v) is 7.49. The minimum atomic E-state index is -1.09. The van der Waals surface area contributed by atoms with Crippen molar-refractivity contribution >= 4 is 35.7 Å². The summed E-state index contributed by atoms with van der Waals surface area (Å²) in [6, 6.07) is 8.87. The molecule has 4 aliphatic rings. The normalized spacial score (nSPS) is 19.4. The first-order valence-corrected chi connectivity index (χ1v) is 19.7. The number of likely N-dealkylation sites (tertiary alicyclic amines) is 1. The number of carbonyl (C=O) groups is 6. The van der Waals surface area contributed by atoms with E-state index in [-0.39, 0.29) is 81.7 Å². The molecule has 2 saturated heterocycles. The Hall–Kier alpha value is -5.15. The van der Waals surface area contributed by atoms with Crippen LogP contribution in [0.1, 0.15) is 88.0 Å². The third kappa shape index (κ3) is 10.3. The Labute approximate surface area is 321 Å². The number of nitrogens with one attached hydrogen (secondary N) is 2. The van der Waals surface area contributed by atoms with Gasteiger partial charge in [-0.25, -0.2) is 9.48 Å². The van der Waals surface area contributed by atoms with Gasteiger partial charge < -0.3 is 39.5 Å². The van der Waals surface area contributed by atoms with Crippen LogP contribution in [0, 0.1) is 5.92 Å². The van der Waals surface area contributed by atoms with E-state index in [0.29, 0.717) is 37.6 Å². The number of carbonyl (C=O) groups excluding carboxylic acids is 6. The van der Waals surface area contributed by atoms with Gasteiger partial charge in [0.1, 0.15) is 12.1 Å². The summed E-state index contributed by atoms with van der Waals surface area (Å²) in [6.45, 7) is 3.35. The van der Waals surface area contributed by atoms with Crippen LogP contribution in [0.2, 0.25) is 0 Å². The summed E-state index contributed by atoms with van der Waals surface area (Å²) in [5.41, 5.74) is 0.499. The van der Waals surface area contributed by atoms with Crippen molar-refractivity contribution in [1.82, 2.24) is 35.1 Å². The third-order valence-corrected chi connectivity index (χ3v) is 10.9. The SMILES string of the molecule is CCOC(=O)N1CCN(C(=O)C(CCC(=O)OCC2CCCC2)NC(=O)c2cc(OCC(=O)N3CCCC3C(=O)NC3CCC3)n(-c3ccccc3)n2)CC1. The summed E-state index contributed by atoms with van der Waals surface area (Å²) in [4.78, 5) is 83.8. The van der Waals surface area contributed by atoms with Crippen LogP contribution >= 0.6 is 0 Å². The molecular weight excluding hydrogens is 710 g/mol. The minimum Gasteiger partial charge on any atom is -0.467 e. The largest absolute Gasteiger partial charge is 0.467 e. The van der Waals surface area contributed by atoms with Crippen LogP contribution in [0.5, 0.6) is 5.88 Å². The highest BCUT2D eigenvalue weighted by Gasteiger charge is 2.36. The van der Waals surface area contributed by atoms with Gasteiger partial charge >= 0.3 is 12.1 Å². The van der Waals surface area contributed by atoms with Gasteiger partial charge in [0, 0.05) is 51.3 Å². The van der Waals surface area contributed by atoms with Crippen molar-refractivity contribution in [3.05, 3.63) is 42.1 Å². The highest BCUT2D eigenvalue weighted by atomic mass is 16.6. The van der Waals surface area contributed by atoms with Crippen molar-refractivity contribution in [1.29, 1.82) is 0 Å². The van der Waals surface area contributed by atoms with Crippen molar-refractivity contribution < 1.29 is 43.0 Å². The van der Waals surface area contributed by atoms with Gasteiger partial charge in [-0.15, -0.1) is 0 Å². The first-order chi connectivity index (χ1) is 26.7. The molecule has 5 amide bonds. The second-order valence-electron chi connectivity index (χ2n) is 14.7. The monoisotopic (exact) mass is 763 g/mol. The first-order valence-electron chi connectivity index (χ1n) is 19.7. The van der Waals surface area contributed by atoms with Crippen molar-refractivity contribution in [2.24, 2.45) is 5.92 Å². The lowest BCUT2D eigenvalue weighted by Crippen LogP contribution is -2.56. The van der Waals surface area contributed by atoms with Crippen molar-refractivity contribution in [3.8, 4) is 11.6 Å². The Balaban J connectivity index is 1.14. The molecule has 16 heteroatoms. The van der Waals surface area contributed by atoms with Crippen LogP contribution < -0.4 is 15.4 Å². The van der Waals surface area contributed by atoms with Gasteiger partial charge in [-0.3, -0.25) is 24.0 Å². The fraction of sp³-hybridized carbons (Fsp3) is 0.615. The number of nitrogens with zero attached hydrogens (tertiary/aromatic N) is 5. The van der Waals surface area contributed by atoms with Gasteiger partial charge in [0.2, 0.25) is 17.7 Å². The molecule has 0 radical (unpaired) electrons. The molecule has 6 rings (SSSR count). The van der Waals surface area contributed by atoms with Crippen LogP contribution in [0.4, 0.5) is 4.79 Å². The zero-order chi connectivity index (χ0) is 38.7. The topological polar surface area (TPSA) is 182 Å². The zero-order valence-corrected chi connectivity index (χ0v) is 31.6. The van der Waals surface area contributed by atoms with E-state index in [4.69, 9.17) is 14.2 Å². The highest BCUT2D eigenvalue weighted by molar-refractivity contribution is 5.96. The molecule has 2 unspecified atom stereocenters. The summed E-state index contributed by atoms with van der Waals surface area (Å²) < 4.78 is 18.0. The molecule has 3 heterocycles. The smallest absolute Gasteiger partial charge is 0.409 e. The van der Waals surface area contributed by atoms with E-state index in [0.717, 1.165) is 44.9 Å². The molecule has 4 fully saturated rings. The molecular formula is C39H53N7O9. The lowest BCUT2D eigenvalue weighted by molar-refractivity contribution is -0.145. The second kappa shape index (κ2) is 18.9. The molecule has 0 spiro atoms. The van der Waals surface area contributed by atoms with Gasteiger partial charge in [0.15, 0.2) is 12.3 Å². The second-order valence-corrected chi connectivity index (χ2v) is 14.7. The van der Waals surface area contributed by atoms with Crippen LogP contribution in [0.3, 0.4) is 0 Å². The lowest BCUT2D eigenvalue weighted by atomic mass is 9.93. The average Bonchev–Trinajstić information content (AvgIpc) is 3.98. The van der Waals surface area contributed by atoms with E-state index in [9.17, 15) is 28.8 Å². The molecule has 16 nitrogen and oxygen atoms in total. The molecule has 1 aromatic heterocycles. The first kappa shape index (κ1) is 39.5. The summed E-state index contributed by atoms with van der Waals surface area (Å²) in [5.74, 6) is -1.56. The van der Waals surface area contributed by atoms with E-state index in [1.165, 1.54) is 15.6 Å². The summed E-state index contributed by atoms with van der Waals surface area (Å²) >= 11 is 0. The molecule has 2 aliphatic heterocycles. The summed E-state index contributed by atoms with van der Waals surface area (Å²) in [5, 5.41) is 10.3. The fourth-order valence-electron chi connectivity index (χ4n) is 7.49. The van der Waals surface area contributed by atoms with E-state index < -0.39 is 36.0 Å². The Morgan fingerprint density at radius 3 is 2.27 bits per heavy atom. The zero-order valence-electron chi connectivity index (χ0n) is 31.6. The van der Waals surface area contributed by atoms with E-state index >= 15 is 0 Å². The number of aromatic nitrogens is 2. The number of piperazine rings is 1. The Morgan fingerprint density at radius 2 is 1.58 bits per heavy atom. The van der Waals surface area contributed by atoms with E-state index in [1.807, 2.05) is 6.07 Å². The molecule has 55 heavy (non-hydrogen) atoms. The molecule has 2 N–H and O–H groups in total. The number of hydrogen-bond acceptors (Lipinski definition) is 10. The number of hydrogen-bond donors (Lipinski definition) is 2. The van der Waals surface area contributed by atoms with Crippen molar-refractivity contribution in [2.45, 2.75) is 95.7 Å². The maximum absolute atomic E-state index is 13.9. The molecule has 2 aromatic rings. The summed E-state index contributed by atoms with van der Waals surface area (Å²) in [7, 11) is 0. The number of benzene rings is 1. The molecule has 0 bridgehead atoms. The van der Waals surface area contributed by atoms with Crippen LogP contribution in [-0.2, 0) is 28.7 Å². The standard InChI is InChI=1S/C39H53N7O9/c1-2-53-39(52)44-22-20-43(21-23-44)38(51)30(17-18-35(48)55-25-27-10-6-7-11-27)41-36(49)31-24-34(46(42-31)29-14-4-3-5-15-29)54-26-33(47)45-19-9-16-32(45)37(50)40-28-12-8-13-28/h3-5,14-15,24,27-28,30,32H,2,6-13,16-23,25-26H2,1H3,(H,40,50)(H,41,49). The minimum absolute atomic E-state index is 0.00522. The predicted molar refractivity (Wildman–Crippen MR) is 198 cm³/mol. The number of rotatable bonds is 15. The third-order valence-electron chi connectivity index (χ3n) is 10.9. The Morgan fingerprint density at radius 1 is 0.855 bits per heavy atom. The molecule has 1 aromatic carbocycles. The van der Waals surface area contributed by atoms with Crippen molar-refractivity contribution in [2.75, 3.05) is 52.5 Å². The van der Waals surface area contributed by atoms with Gasteiger partial charge in [-0.2, -0.15) is 5.10 Å². The number of ether oxygens (including phenoxy) is 3. The molecule has 298 valence electrons.